The molecule has 1 aliphatic heterocycles. The van der Waals surface area contributed by atoms with Crippen LogP contribution in [0.1, 0.15) is 35.4 Å². The molecule has 2 atom stereocenters. The number of benzene rings is 1. The minimum Gasteiger partial charge on any atom is -0.490 e. The van der Waals surface area contributed by atoms with Crippen LogP contribution in [0.5, 0.6) is 5.75 Å². The normalized spacial score (nSPS) is 21.3. The Bertz CT molecular complexity index is 713. The molecule has 6 nitrogen and oxygen atoms in total. The van der Waals surface area contributed by atoms with E-state index in [1.54, 1.807) is 6.92 Å². The van der Waals surface area contributed by atoms with Crippen LogP contribution in [0.2, 0.25) is 0 Å². The third kappa shape index (κ3) is 3.58. The Hall–Kier alpha value is -1.81. The van der Waals surface area contributed by atoms with Crippen molar-refractivity contribution in [2.45, 2.75) is 31.1 Å². The number of fused-ring (bicyclic) bond motifs is 1. The Balaban J connectivity index is 2.42. The second kappa shape index (κ2) is 6.00. The lowest BCUT2D eigenvalue weighted by molar-refractivity contribution is -0.0596. The van der Waals surface area contributed by atoms with Crippen molar-refractivity contribution in [3.63, 3.8) is 0 Å². The van der Waals surface area contributed by atoms with Gasteiger partial charge < -0.3 is 9.47 Å². The van der Waals surface area contributed by atoms with Crippen LogP contribution in [-0.2, 0) is 19.0 Å². The van der Waals surface area contributed by atoms with Gasteiger partial charge >= 0.3 is 21.6 Å². The van der Waals surface area contributed by atoms with Gasteiger partial charge in [-0.1, -0.05) is 0 Å². The largest absolute Gasteiger partial charge is 0.523 e. The summed E-state index contributed by atoms with van der Waals surface area (Å²) in [4.78, 5) is 11.5. The van der Waals surface area contributed by atoms with Crippen LogP contribution in [-0.4, -0.2) is 33.1 Å². The Morgan fingerprint density at radius 1 is 1.35 bits per heavy atom. The molecule has 0 N–H and O–H groups in total. The first kappa shape index (κ1) is 17.5. The van der Waals surface area contributed by atoms with Crippen molar-refractivity contribution in [3.05, 3.63) is 29.3 Å². The Kier molecular flexibility index (Phi) is 4.58. The molecule has 1 aromatic carbocycles. The number of methoxy groups -OCH3 is 1. The van der Waals surface area contributed by atoms with E-state index in [-0.39, 0.29) is 23.3 Å². The maximum absolute atomic E-state index is 12.5. The van der Waals surface area contributed by atoms with E-state index in [1.165, 1.54) is 18.2 Å². The highest BCUT2D eigenvalue weighted by atomic mass is 32.2. The van der Waals surface area contributed by atoms with Gasteiger partial charge in [0, 0.05) is 12.0 Å². The van der Waals surface area contributed by atoms with Crippen LogP contribution < -0.4 is 4.74 Å². The number of halogens is 3. The van der Waals surface area contributed by atoms with Gasteiger partial charge in [-0.15, -0.1) is 0 Å². The first-order valence-corrected chi connectivity index (χ1v) is 7.84. The van der Waals surface area contributed by atoms with Crippen molar-refractivity contribution in [1.82, 2.24) is 0 Å². The van der Waals surface area contributed by atoms with E-state index >= 15 is 0 Å². The molecule has 0 saturated heterocycles. The first-order chi connectivity index (χ1) is 10.5. The molecule has 0 radical (unpaired) electrons. The lowest BCUT2D eigenvalue weighted by Gasteiger charge is -2.30. The highest BCUT2D eigenvalue weighted by Crippen LogP contribution is 2.40. The molecule has 1 aromatic rings. The third-order valence-corrected chi connectivity index (χ3v) is 4.23. The van der Waals surface area contributed by atoms with Gasteiger partial charge in [0.15, 0.2) is 0 Å². The smallest absolute Gasteiger partial charge is 0.490 e. The van der Waals surface area contributed by atoms with Crippen molar-refractivity contribution in [3.8, 4) is 5.75 Å². The van der Waals surface area contributed by atoms with Gasteiger partial charge in [0.2, 0.25) is 0 Å². The second-order valence-corrected chi connectivity index (χ2v) is 6.46. The molecule has 0 saturated carbocycles. The summed E-state index contributed by atoms with van der Waals surface area (Å²) in [5.74, 6) is -0.567. The molecule has 128 valence electrons. The number of carbonyl (C=O) groups is 1. The summed E-state index contributed by atoms with van der Waals surface area (Å²) in [6.07, 6.45) is -2.09. The first-order valence-electron chi connectivity index (χ1n) is 6.43. The van der Waals surface area contributed by atoms with Crippen molar-refractivity contribution in [1.29, 1.82) is 0 Å². The molecule has 0 amide bonds. The molecular weight excluding hydrogens is 341 g/mol. The Morgan fingerprint density at radius 3 is 2.57 bits per heavy atom. The number of alkyl halides is 3. The summed E-state index contributed by atoms with van der Waals surface area (Å²) in [6, 6.07) is 3.91. The molecule has 23 heavy (non-hydrogen) atoms. The fourth-order valence-corrected chi connectivity index (χ4v) is 2.74. The maximum atomic E-state index is 12.5. The summed E-state index contributed by atoms with van der Waals surface area (Å²) < 4.78 is 74.2. The molecule has 2 unspecified atom stereocenters. The monoisotopic (exact) mass is 354 g/mol. The quantitative estimate of drug-likeness (QED) is 0.472. The van der Waals surface area contributed by atoms with Crippen LogP contribution in [0.4, 0.5) is 13.2 Å². The molecule has 0 bridgehead atoms. The third-order valence-electron chi connectivity index (χ3n) is 3.18. The van der Waals surface area contributed by atoms with Gasteiger partial charge in [-0.3, -0.25) is 4.18 Å². The minimum atomic E-state index is -5.77. The molecule has 0 aliphatic carbocycles. The second-order valence-electron chi connectivity index (χ2n) is 4.89. The minimum absolute atomic E-state index is 0.0406. The standard InChI is InChI=1S/C13H13F3O6S/c1-7-5-11(22-23(18,19)13(14,15)16)9-6-8(12(17)20-2)3-4-10(9)21-7/h3-4,6-7,11H,5H2,1-2H3. The highest BCUT2D eigenvalue weighted by molar-refractivity contribution is 7.87. The molecular formula is C13H13F3O6S. The number of hydrogen-bond donors (Lipinski definition) is 0. The van der Waals surface area contributed by atoms with Crippen LogP contribution >= 0.6 is 0 Å². The average molecular weight is 354 g/mol. The van der Waals surface area contributed by atoms with Crippen LogP contribution in [0.15, 0.2) is 18.2 Å². The van der Waals surface area contributed by atoms with Crippen molar-refractivity contribution in [2.24, 2.45) is 0 Å². The fraction of sp³-hybridized carbons (Fsp3) is 0.462. The van der Waals surface area contributed by atoms with E-state index in [0.29, 0.717) is 0 Å². The maximum Gasteiger partial charge on any atom is 0.523 e. The van der Waals surface area contributed by atoms with E-state index in [0.717, 1.165) is 7.11 Å². The van der Waals surface area contributed by atoms with Crippen molar-refractivity contribution >= 4 is 16.1 Å². The van der Waals surface area contributed by atoms with E-state index in [1.807, 2.05) is 0 Å². The molecule has 0 aromatic heterocycles. The zero-order chi connectivity index (χ0) is 17.4. The topological polar surface area (TPSA) is 78.9 Å². The highest BCUT2D eigenvalue weighted by Gasteiger charge is 2.49. The lowest BCUT2D eigenvalue weighted by atomic mass is 9.98. The van der Waals surface area contributed by atoms with E-state index in [4.69, 9.17) is 4.74 Å². The number of esters is 1. The van der Waals surface area contributed by atoms with E-state index in [9.17, 15) is 26.4 Å². The van der Waals surface area contributed by atoms with Gasteiger partial charge in [-0.05, 0) is 25.1 Å². The number of hydrogen-bond acceptors (Lipinski definition) is 6. The molecule has 0 fully saturated rings. The lowest BCUT2D eigenvalue weighted by Crippen LogP contribution is -2.31. The molecule has 10 heteroatoms. The number of carbonyl (C=O) groups excluding carboxylic acids is 1. The number of rotatable bonds is 3. The summed E-state index contributed by atoms with van der Waals surface area (Å²) in [6.45, 7) is 1.56. The van der Waals surface area contributed by atoms with Crippen LogP contribution in [0, 0.1) is 0 Å². The molecule has 0 spiro atoms. The van der Waals surface area contributed by atoms with Gasteiger partial charge in [-0.25, -0.2) is 4.79 Å². The summed E-state index contributed by atoms with van der Waals surface area (Å²) in [5, 5.41) is 0. The predicted octanol–water partition coefficient (Wildman–Crippen LogP) is 2.55. The Morgan fingerprint density at radius 2 is 2.00 bits per heavy atom. The summed E-state index contributed by atoms with van der Waals surface area (Å²) >= 11 is 0. The molecule has 1 heterocycles. The SMILES string of the molecule is COC(=O)c1ccc2c(c1)C(OS(=O)(=O)C(F)(F)F)CC(C)O2. The van der Waals surface area contributed by atoms with Crippen molar-refractivity contribution in [2.75, 3.05) is 7.11 Å². The van der Waals surface area contributed by atoms with E-state index < -0.39 is 33.8 Å². The average Bonchev–Trinajstić information content (AvgIpc) is 2.44. The van der Waals surface area contributed by atoms with Crippen LogP contribution in [0.25, 0.3) is 0 Å². The summed E-state index contributed by atoms with van der Waals surface area (Å²) in [7, 11) is -4.63. The van der Waals surface area contributed by atoms with Crippen LogP contribution in [0.3, 0.4) is 0 Å². The predicted molar refractivity (Wildman–Crippen MR) is 71.3 cm³/mol. The fourth-order valence-electron chi connectivity index (χ4n) is 2.14. The zero-order valence-corrected chi connectivity index (χ0v) is 12.9. The Labute approximate surface area is 130 Å². The van der Waals surface area contributed by atoms with Gasteiger partial charge in [0.1, 0.15) is 11.9 Å². The van der Waals surface area contributed by atoms with Crippen molar-refractivity contribution < 1.29 is 40.0 Å². The molecule has 1 aliphatic rings. The molecule has 2 rings (SSSR count). The number of ether oxygens (including phenoxy) is 2. The van der Waals surface area contributed by atoms with E-state index in [2.05, 4.69) is 8.92 Å². The zero-order valence-electron chi connectivity index (χ0n) is 12.1. The summed E-state index contributed by atoms with van der Waals surface area (Å²) in [5.41, 5.74) is -5.45. The van der Waals surface area contributed by atoms with Gasteiger partial charge in [0.25, 0.3) is 0 Å². The van der Waals surface area contributed by atoms with Gasteiger partial charge in [0.05, 0.1) is 18.8 Å². The van der Waals surface area contributed by atoms with Gasteiger partial charge in [-0.2, -0.15) is 21.6 Å².